The minimum absolute atomic E-state index is 0.448. The van der Waals surface area contributed by atoms with Gasteiger partial charge in [0.2, 0.25) is 5.95 Å². The van der Waals surface area contributed by atoms with E-state index in [-0.39, 0.29) is 0 Å². The van der Waals surface area contributed by atoms with E-state index in [0.29, 0.717) is 12.0 Å². The molecule has 4 rings (SSSR count). The van der Waals surface area contributed by atoms with E-state index in [2.05, 4.69) is 51.6 Å². The average molecular weight is 283 g/mol. The molecule has 0 unspecified atom stereocenters. The molecule has 1 aromatic heterocycles. The van der Waals surface area contributed by atoms with Gasteiger partial charge in [-0.15, -0.1) is 5.10 Å². The van der Waals surface area contributed by atoms with Crippen LogP contribution >= 0.6 is 0 Å². The third-order valence-corrected chi connectivity index (χ3v) is 4.58. The molecule has 5 nitrogen and oxygen atoms in total. The molecule has 2 aliphatic rings. The van der Waals surface area contributed by atoms with Crippen molar-refractivity contribution in [2.45, 2.75) is 31.7 Å². The molecule has 0 bridgehead atoms. The molecular weight excluding hydrogens is 262 g/mol. The lowest BCUT2D eigenvalue weighted by Gasteiger charge is -2.30. The Kier molecular flexibility index (Phi) is 3.15. The van der Waals surface area contributed by atoms with Crippen molar-refractivity contribution in [2.24, 2.45) is 0 Å². The molecule has 110 valence electrons. The number of aromatic amines is 1. The van der Waals surface area contributed by atoms with E-state index in [1.807, 2.05) is 0 Å². The second kappa shape index (κ2) is 5.15. The lowest BCUT2D eigenvalue weighted by molar-refractivity contribution is 0.479. The van der Waals surface area contributed by atoms with Crippen LogP contribution in [-0.4, -0.2) is 40.9 Å². The number of hydrogen-bond donors (Lipinski definition) is 2. The van der Waals surface area contributed by atoms with Gasteiger partial charge in [0.05, 0.1) is 0 Å². The first-order valence-electron chi connectivity index (χ1n) is 7.77. The van der Waals surface area contributed by atoms with Crippen LogP contribution in [0.4, 0.5) is 5.95 Å². The summed E-state index contributed by atoms with van der Waals surface area (Å²) in [6.45, 7) is 5.15. The van der Waals surface area contributed by atoms with Gasteiger partial charge in [-0.25, -0.2) is 0 Å². The van der Waals surface area contributed by atoms with Crippen LogP contribution in [0.1, 0.15) is 29.8 Å². The van der Waals surface area contributed by atoms with E-state index in [1.54, 1.807) is 0 Å². The van der Waals surface area contributed by atoms with E-state index in [0.717, 1.165) is 44.2 Å². The number of piperazine rings is 1. The minimum Gasteiger partial charge on any atom is -0.337 e. The van der Waals surface area contributed by atoms with Gasteiger partial charge >= 0.3 is 0 Å². The molecule has 2 N–H and O–H groups in total. The van der Waals surface area contributed by atoms with Crippen molar-refractivity contribution >= 4 is 5.95 Å². The Morgan fingerprint density at radius 3 is 2.67 bits per heavy atom. The Hall–Kier alpha value is -1.88. The molecule has 1 aliphatic carbocycles. The summed E-state index contributed by atoms with van der Waals surface area (Å²) in [7, 11) is 0. The Labute approximate surface area is 124 Å². The molecular formula is C16H21N5. The number of rotatable bonds is 2. The second-order valence-electron chi connectivity index (χ2n) is 6.20. The summed E-state index contributed by atoms with van der Waals surface area (Å²) in [5.74, 6) is 2.34. The number of aromatic nitrogens is 3. The number of benzene rings is 1. The Morgan fingerprint density at radius 2 is 1.95 bits per heavy atom. The van der Waals surface area contributed by atoms with Gasteiger partial charge in [-0.2, -0.15) is 4.98 Å². The molecule has 1 saturated heterocycles. The lowest BCUT2D eigenvalue weighted by atomic mass is 10.1. The SMILES string of the molecule is C[C@H]1CN(c2n[nH]c(C3Cc4ccccc4C3)n2)CCN1. The van der Waals surface area contributed by atoms with Crippen molar-refractivity contribution in [3.8, 4) is 0 Å². The zero-order valence-corrected chi connectivity index (χ0v) is 12.3. The molecule has 21 heavy (non-hydrogen) atoms. The zero-order chi connectivity index (χ0) is 14.2. The van der Waals surface area contributed by atoms with Gasteiger partial charge < -0.3 is 10.2 Å². The van der Waals surface area contributed by atoms with Crippen molar-refractivity contribution in [3.05, 3.63) is 41.2 Å². The summed E-state index contributed by atoms with van der Waals surface area (Å²) in [6.07, 6.45) is 2.14. The fourth-order valence-electron chi connectivity index (χ4n) is 3.46. The van der Waals surface area contributed by atoms with E-state index in [1.165, 1.54) is 11.1 Å². The van der Waals surface area contributed by atoms with Gasteiger partial charge in [0.1, 0.15) is 5.82 Å². The Morgan fingerprint density at radius 1 is 1.19 bits per heavy atom. The minimum atomic E-state index is 0.448. The molecule has 0 amide bonds. The van der Waals surface area contributed by atoms with Crippen LogP contribution in [0.25, 0.3) is 0 Å². The molecule has 2 aromatic rings. The first-order valence-corrected chi connectivity index (χ1v) is 7.77. The number of anilines is 1. The third kappa shape index (κ3) is 2.42. The van der Waals surface area contributed by atoms with Crippen molar-refractivity contribution < 1.29 is 0 Å². The van der Waals surface area contributed by atoms with Gasteiger partial charge in [-0.05, 0) is 30.9 Å². The normalized spacial score (nSPS) is 22.5. The van der Waals surface area contributed by atoms with Gasteiger partial charge in [0.15, 0.2) is 0 Å². The van der Waals surface area contributed by atoms with E-state index in [9.17, 15) is 0 Å². The predicted molar refractivity (Wildman–Crippen MR) is 82.7 cm³/mol. The van der Waals surface area contributed by atoms with Gasteiger partial charge in [0.25, 0.3) is 0 Å². The largest absolute Gasteiger partial charge is 0.337 e. The van der Waals surface area contributed by atoms with Gasteiger partial charge in [0, 0.05) is 31.6 Å². The molecule has 0 spiro atoms. The van der Waals surface area contributed by atoms with E-state index >= 15 is 0 Å². The Balaban J connectivity index is 1.51. The molecule has 1 aliphatic heterocycles. The van der Waals surface area contributed by atoms with Crippen molar-refractivity contribution in [3.63, 3.8) is 0 Å². The smallest absolute Gasteiger partial charge is 0.244 e. The van der Waals surface area contributed by atoms with Crippen LogP contribution in [0.5, 0.6) is 0 Å². The van der Waals surface area contributed by atoms with Gasteiger partial charge in [-0.1, -0.05) is 24.3 Å². The van der Waals surface area contributed by atoms with Crippen LogP contribution < -0.4 is 10.2 Å². The summed E-state index contributed by atoms with van der Waals surface area (Å²) in [5, 5.41) is 11.1. The highest BCUT2D eigenvalue weighted by Gasteiger charge is 2.26. The number of H-pyrrole nitrogens is 1. The van der Waals surface area contributed by atoms with Crippen molar-refractivity contribution in [1.82, 2.24) is 20.5 Å². The van der Waals surface area contributed by atoms with E-state index in [4.69, 9.17) is 4.98 Å². The number of nitrogens with one attached hydrogen (secondary N) is 2. The highest BCUT2D eigenvalue weighted by Crippen LogP contribution is 2.32. The maximum Gasteiger partial charge on any atom is 0.244 e. The maximum atomic E-state index is 4.76. The topological polar surface area (TPSA) is 56.8 Å². The molecule has 5 heteroatoms. The highest BCUT2D eigenvalue weighted by atomic mass is 15.4. The summed E-state index contributed by atoms with van der Waals surface area (Å²) >= 11 is 0. The second-order valence-corrected chi connectivity index (χ2v) is 6.20. The summed E-state index contributed by atoms with van der Waals surface area (Å²) in [5.41, 5.74) is 2.91. The quantitative estimate of drug-likeness (QED) is 0.876. The summed E-state index contributed by atoms with van der Waals surface area (Å²) in [4.78, 5) is 7.03. The summed E-state index contributed by atoms with van der Waals surface area (Å²) in [6, 6.07) is 9.19. The standard InChI is InChI=1S/C16H21N5/c1-11-10-21(7-6-17-11)16-18-15(19-20-16)14-8-12-4-2-3-5-13(12)9-14/h2-5,11,14,17H,6-10H2,1H3,(H,18,19,20)/t11-/m0/s1. The maximum absolute atomic E-state index is 4.76. The van der Waals surface area contributed by atoms with Crippen LogP contribution in [0, 0.1) is 0 Å². The monoisotopic (exact) mass is 283 g/mol. The predicted octanol–water partition coefficient (Wildman–Crippen LogP) is 1.49. The molecule has 0 radical (unpaired) electrons. The fourth-order valence-corrected chi connectivity index (χ4v) is 3.46. The first-order chi connectivity index (χ1) is 10.3. The van der Waals surface area contributed by atoms with Crippen LogP contribution in [-0.2, 0) is 12.8 Å². The van der Waals surface area contributed by atoms with Crippen LogP contribution in [0.15, 0.2) is 24.3 Å². The number of fused-ring (bicyclic) bond motifs is 1. The average Bonchev–Trinajstić information content (AvgIpc) is 3.14. The molecule has 1 atom stereocenters. The first kappa shape index (κ1) is 12.8. The van der Waals surface area contributed by atoms with Crippen LogP contribution in [0.3, 0.4) is 0 Å². The molecule has 1 aromatic carbocycles. The molecule has 0 saturated carbocycles. The van der Waals surface area contributed by atoms with Gasteiger partial charge in [-0.3, -0.25) is 5.10 Å². The molecule has 1 fully saturated rings. The van der Waals surface area contributed by atoms with Crippen LogP contribution in [0.2, 0.25) is 0 Å². The Bertz CT molecular complexity index is 610. The van der Waals surface area contributed by atoms with Crippen molar-refractivity contribution in [2.75, 3.05) is 24.5 Å². The zero-order valence-electron chi connectivity index (χ0n) is 12.3. The molecule has 2 heterocycles. The number of hydrogen-bond acceptors (Lipinski definition) is 4. The summed E-state index contributed by atoms with van der Waals surface area (Å²) < 4.78 is 0. The highest BCUT2D eigenvalue weighted by molar-refractivity contribution is 5.37. The third-order valence-electron chi connectivity index (χ3n) is 4.58. The van der Waals surface area contributed by atoms with Crippen molar-refractivity contribution in [1.29, 1.82) is 0 Å². The number of nitrogens with zero attached hydrogens (tertiary/aromatic N) is 3. The lowest BCUT2D eigenvalue weighted by Crippen LogP contribution is -2.49. The fraction of sp³-hybridized carbons (Fsp3) is 0.500. The van der Waals surface area contributed by atoms with E-state index < -0.39 is 0 Å².